The average molecular weight is 402 g/mol. The molecule has 1 fully saturated rings. The number of benzene rings is 1. The summed E-state index contributed by atoms with van der Waals surface area (Å²) in [7, 11) is -3.98. The minimum Gasteiger partial charge on any atom is -0.278 e. The Morgan fingerprint density at radius 1 is 1.22 bits per heavy atom. The van der Waals surface area contributed by atoms with E-state index in [-0.39, 0.29) is 10.8 Å². The number of hydrogen-bond donors (Lipinski definition) is 2. The molecule has 3 rings (SSSR count). The molecular formula is C16H17F3N4O3S. The van der Waals surface area contributed by atoms with Gasteiger partial charge in [0.2, 0.25) is 5.91 Å². The molecule has 1 aliphatic rings. The van der Waals surface area contributed by atoms with E-state index in [9.17, 15) is 26.4 Å². The molecule has 1 saturated carbocycles. The van der Waals surface area contributed by atoms with Crippen molar-refractivity contribution in [1.82, 2.24) is 20.0 Å². The molecular weight excluding hydrogens is 385 g/mol. The maximum absolute atomic E-state index is 13.1. The van der Waals surface area contributed by atoms with Gasteiger partial charge in [0.25, 0.3) is 10.0 Å². The summed E-state index contributed by atoms with van der Waals surface area (Å²) in [6.45, 7) is 1.14. The molecule has 0 saturated heterocycles. The number of carbonyl (C=O) groups excluding carboxylic acids is 1. The zero-order chi connectivity index (χ0) is 19.8. The van der Waals surface area contributed by atoms with E-state index in [4.69, 9.17) is 0 Å². The second kappa shape index (κ2) is 6.97. The normalized spacial score (nSPS) is 15.4. The summed E-state index contributed by atoms with van der Waals surface area (Å²) in [6.07, 6.45) is -2.04. The Morgan fingerprint density at radius 3 is 2.33 bits per heavy atom. The second-order valence-corrected chi connectivity index (χ2v) is 7.95. The van der Waals surface area contributed by atoms with E-state index in [1.54, 1.807) is 0 Å². The first kappa shape index (κ1) is 19.4. The molecule has 1 aliphatic carbocycles. The second-order valence-electron chi connectivity index (χ2n) is 6.27. The smallest absolute Gasteiger partial charge is 0.278 e. The quantitative estimate of drug-likeness (QED) is 0.752. The molecule has 27 heavy (non-hydrogen) atoms. The SMILES string of the molecule is CC(=O)NNS(=O)(=O)c1ccc(-n2nc(C(F)(F)F)cc2C2CCC2)cc1. The Bertz CT molecular complexity index is 948. The van der Waals surface area contributed by atoms with Crippen LogP contribution in [0.5, 0.6) is 0 Å². The van der Waals surface area contributed by atoms with Crippen LogP contribution in [0.3, 0.4) is 0 Å². The summed E-state index contributed by atoms with van der Waals surface area (Å²) in [5.74, 6) is -0.588. The summed E-state index contributed by atoms with van der Waals surface area (Å²) >= 11 is 0. The third kappa shape index (κ3) is 4.14. The lowest BCUT2D eigenvalue weighted by molar-refractivity contribution is -0.141. The van der Waals surface area contributed by atoms with Crippen LogP contribution in [0.15, 0.2) is 35.2 Å². The van der Waals surface area contributed by atoms with Gasteiger partial charge in [0, 0.05) is 18.5 Å². The number of aromatic nitrogens is 2. The molecule has 11 heteroatoms. The highest BCUT2D eigenvalue weighted by atomic mass is 32.2. The molecule has 0 radical (unpaired) electrons. The number of alkyl halides is 3. The number of amides is 1. The van der Waals surface area contributed by atoms with Gasteiger partial charge in [0.05, 0.1) is 10.6 Å². The largest absolute Gasteiger partial charge is 0.435 e. The summed E-state index contributed by atoms with van der Waals surface area (Å²) in [6, 6.07) is 6.26. The number of hydrogen-bond acceptors (Lipinski definition) is 4. The highest BCUT2D eigenvalue weighted by Gasteiger charge is 2.37. The topological polar surface area (TPSA) is 93.1 Å². The minimum atomic E-state index is -4.56. The van der Waals surface area contributed by atoms with Crippen molar-refractivity contribution in [3.05, 3.63) is 41.7 Å². The zero-order valence-corrected chi connectivity index (χ0v) is 15.1. The monoisotopic (exact) mass is 402 g/mol. The number of nitrogens with one attached hydrogen (secondary N) is 2. The molecule has 1 aromatic heterocycles. The van der Waals surface area contributed by atoms with Crippen LogP contribution in [0.4, 0.5) is 13.2 Å². The number of halogens is 3. The molecule has 0 bridgehead atoms. The lowest BCUT2D eigenvalue weighted by Gasteiger charge is -2.26. The standard InChI is InChI=1S/C16H17F3N4O3S/c1-10(24)20-22-27(25,26)13-7-5-12(6-8-13)23-14(11-3-2-4-11)9-15(21-23)16(17,18)19/h5-9,11,22H,2-4H2,1H3,(H,20,24). The Kier molecular flexibility index (Phi) is 5.00. The summed E-state index contributed by atoms with van der Waals surface area (Å²) < 4.78 is 64.5. The van der Waals surface area contributed by atoms with Crippen LogP contribution >= 0.6 is 0 Å². The molecule has 2 N–H and O–H groups in total. The van der Waals surface area contributed by atoms with Gasteiger partial charge in [-0.25, -0.2) is 13.1 Å². The zero-order valence-electron chi connectivity index (χ0n) is 14.2. The Hall–Kier alpha value is -2.40. The fourth-order valence-corrected chi connectivity index (χ4v) is 3.59. The van der Waals surface area contributed by atoms with E-state index in [1.807, 2.05) is 10.3 Å². The van der Waals surface area contributed by atoms with Gasteiger partial charge in [0.1, 0.15) is 0 Å². The third-order valence-electron chi connectivity index (χ3n) is 4.30. The molecule has 0 unspecified atom stereocenters. The highest BCUT2D eigenvalue weighted by molar-refractivity contribution is 7.89. The van der Waals surface area contributed by atoms with Crippen molar-refractivity contribution in [3.8, 4) is 5.69 Å². The van der Waals surface area contributed by atoms with Crippen molar-refractivity contribution in [2.75, 3.05) is 0 Å². The average Bonchev–Trinajstić information content (AvgIpc) is 2.96. The molecule has 0 spiro atoms. The third-order valence-corrected chi connectivity index (χ3v) is 5.57. The molecule has 0 aliphatic heterocycles. The summed E-state index contributed by atoms with van der Waals surface area (Å²) in [5, 5.41) is 3.68. The van der Waals surface area contributed by atoms with Gasteiger partial charge >= 0.3 is 6.18 Å². The van der Waals surface area contributed by atoms with Gasteiger partial charge in [-0.15, -0.1) is 4.83 Å². The van der Waals surface area contributed by atoms with Crippen LogP contribution < -0.4 is 10.3 Å². The molecule has 146 valence electrons. The summed E-state index contributed by atoms with van der Waals surface area (Å²) in [5.41, 5.74) is 1.78. The maximum atomic E-state index is 13.1. The maximum Gasteiger partial charge on any atom is 0.435 e. The van der Waals surface area contributed by atoms with Gasteiger partial charge < -0.3 is 0 Å². The fraction of sp³-hybridized carbons (Fsp3) is 0.375. The Morgan fingerprint density at radius 2 is 1.85 bits per heavy atom. The predicted octanol–water partition coefficient (Wildman–Crippen LogP) is 2.49. The van der Waals surface area contributed by atoms with Crippen LogP contribution in [0.1, 0.15) is 43.5 Å². The van der Waals surface area contributed by atoms with Crippen LogP contribution in [0.25, 0.3) is 5.69 Å². The van der Waals surface area contributed by atoms with Crippen molar-refractivity contribution in [2.24, 2.45) is 0 Å². The van der Waals surface area contributed by atoms with Crippen LogP contribution in [-0.4, -0.2) is 24.1 Å². The van der Waals surface area contributed by atoms with E-state index < -0.39 is 27.8 Å². The molecule has 1 aromatic carbocycles. The lowest BCUT2D eigenvalue weighted by atomic mass is 9.82. The molecule has 7 nitrogen and oxygen atoms in total. The van der Waals surface area contributed by atoms with Crippen molar-refractivity contribution in [3.63, 3.8) is 0 Å². The van der Waals surface area contributed by atoms with E-state index in [0.717, 1.165) is 32.3 Å². The molecule has 1 heterocycles. The van der Waals surface area contributed by atoms with Crippen LogP contribution in [0.2, 0.25) is 0 Å². The van der Waals surface area contributed by atoms with Crippen LogP contribution in [0, 0.1) is 0 Å². The Labute approximate surface area is 153 Å². The summed E-state index contributed by atoms with van der Waals surface area (Å²) in [4.78, 5) is 12.6. The number of nitrogens with zero attached hydrogens (tertiary/aromatic N) is 2. The van der Waals surface area contributed by atoms with Gasteiger partial charge in [0.15, 0.2) is 5.69 Å². The molecule has 1 amide bonds. The van der Waals surface area contributed by atoms with E-state index in [1.165, 1.54) is 28.9 Å². The van der Waals surface area contributed by atoms with Crippen LogP contribution in [-0.2, 0) is 21.0 Å². The number of rotatable bonds is 5. The van der Waals surface area contributed by atoms with Gasteiger partial charge in [-0.05, 0) is 43.2 Å². The van der Waals surface area contributed by atoms with E-state index >= 15 is 0 Å². The van der Waals surface area contributed by atoms with Gasteiger partial charge in [-0.3, -0.25) is 10.2 Å². The van der Waals surface area contributed by atoms with Crippen molar-refractivity contribution in [1.29, 1.82) is 0 Å². The van der Waals surface area contributed by atoms with Gasteiger partial charge in [-0.2, -0.15) is 18.3 Å². The number of carbonyl (C=O) groups is 1. The first-order chi connectivity index (χ1) is 12.6. The van der Waals surface area contributed by atoms with E-state index in [2.05, 4.69) is 5.10 Å². The lowest BCUT2D eigenvalue weighted by Crippen LogP contribution is -2.40. The number of sulfonamides is 1. The molecule has 2 aromatic rings. The van der Waals surface area contributed by atoms with Crippen molar-refractivity contribution in [2.45, 2.75) is 43.2 Å². The van der Waals surface area contributed by atoms with Crippen molar-refractivity contribution >= 4 is 15.9 Å². The molecule has 0 atom stereocenters. The number of hydrazine groups is 1. The van der Waals surface area contributed by atoms with Crippen molar-refractivity contribution < 1.29 is 26.4 Å². The highest BCUT2D eigenvalue weighted by Crippen LogP contribution is 2.40. The Balaban J connectivity index is 1.93. The first-order valence-electron chi connectivity index (χ1n) is 8.14. The minimum absolute atomic E-state index is 0.00144. The van der Waals surface area contributed by atoms with Gasteiger partial charge in [-0.1, -0.05) is 6.42 Å². The predicted molar refractivity (Wildman–Crippen MR) is 89.3 cm³/mol. The first-order valence-corrected chi connectivity index (χ1v) is 9.62. The fourth-order valence-electron chi connectivity index (χ4n) is 2.70. The van der Waals surface area contributed by atoms with E-state index in [0.29, 0.717) is 11.4 Å².